The number of nitrogens with one attached hydrogen (secondary N) is 2. The average molecular weight is 356 g/mol. The van der Waals surface area contributed by atoms with Gasteiger partial charge in [-0.3, -0.25) is 9.59 Å². The number of rotatable bonds is 4. The second-order valence-corrected chi connectivity index (χ2v) is 7.50. The van der Waals surface area contributed by atoms with E-state index in [0.717, 1.165) is 11.1 Å². The van der Waals surface area contributed by atoms with Gasteiger partial charge in [0.05, 0.1) is 5.69 Å². The summed E-state index contributed by atoms with van der Waals surface area (Å²) < 4.78 is 13.8. The quantitative estimate of drug-likeness (QED) is 0.863. The maximum atomic E-state index is 13.8. The van der Waals surface area contributed by atoms with Crippen LogP contribution in [0, 0.1) is 12.7 Å². The molecule has 2 amide bonds. The molecule has 0 spiro atoms. The highest BCUT2D eigenvalue weighted by molar-refractivity contribution is 6.01. The third kappa shape index (κ3) is 4.91. The Hall–Kier alpha value is -2.69. The van der Waals surface area contributed by atoms with Crippen molar-refractivity contribution in [1.82, 2.24) is 5.32 Å². The number of hydrogen-bond donors (Lipinski definition) is 2. The van der Waals surface area contributed by atoms with Gasteiger partial charge in [-0.05, 0) is 54.7 Å². The minimum absolute atomic E-state index is 0.0000708. The molecular weight excluding hydrogens is 331 g/mol. The number of anilines is 1. The van der Waals surface area contributed by atoms with Crippen LogP contribution in [-0.4, -0.2) is 17.9 Å². The molecule has 0 saturated carbocycles. The maximum absolute atomic E-state index is 13.8. The Morgan fingerprint density at radius 3 is 2.23 bits per heavy atom. The van der Waals surface area contributed by atoms with E-state index in [2.05, 4.69) is 31.4 Å². The van der Waals surface area contributed by atoms with Crippen LogP contribution >= 0.6 is 0 Å². The van der Waals surface area contributed by atoms with Crippen molar-refractivity contribution in [3.05, 3.63) is 65.0 Å². The standard InChI is InChI=1S/C21H25FN2O2/c1-13-6-11-17(22)18(12-13)24-19(25)14(2)23-20(26)15-7-9-16(10-8-15)21(3,4)5/h6-12,14H,1-5H3,(H,23,26)(H,24,25). The van der Waals surface area contributed by atoms with Crippen LogP contribution in [0.5, 0.6) is 0 Å². The minimum Gasteiger partial charge on any atom is -0.341 e. The lowest BCUT2D eigenvalue weighted by molar-refractivity contribution is -0.117. The van der Waals surface area contributed by atoms with Crippen molar-refractivity contribution >= 4 is 17.5 Å². The first-order valence-corrected chi connectivity index (χ1v) is 8.56. The number of halogens is 1. The molecule has 4 nitrogen and oxygen atoms in total. The van der Waals surface area contributed by atoms with Crippen LogP contribution in [0.15, 0.2) is 42.5 Å². The van der Waals surface area contributed by atoms with Crippen molar-refractivity contribution in [2.75, 3.05) is 5.32 Å². The number of amides is 2. The smallest absolute Gasteiger partial charge is 0.251 e. The Kier molecular flexibility index (Phi) is 5.80. The van der Waals surface area contributed by atoms with E-state index in [1.165, 1.54) is 6.07 Å². The number of carbonyl (C=O) groups is 2. The van der Waals surface area contributed by atoms with Gasteiger partial charge in [-0.25, -0.2) is 4.39 Å². The Morgan fingerprint density at radius 1 is 1.04 bits per heavy atom. The van der Waals surface area contributed by atoms with Crippen molar-refractivity contribution < 1.29 is 14.0 Å². The molecule has 2 aromatic carbocycles. The van der Waals surface area contributed by atoms with Gasteiger partial charge in [0.15, 0.2) is 0 Å². The molecule has 5 heteroatoms. The molecule has 0 fully saturated rings. The summed E-state index contributed by atoms with van der Waals surface area (Å²) in [5.41, 5.74) is 2.53. The molecule has 0 aliphatic heterocycles. The van der Waals surface area contributed by atoms with E-state index in [9.17, 15) is 14.0 Å². The second kappa shape index (κ2) is 7.68. The van der Waals surface area contributed by atoms with Crippen LogP contribution in [0.3, 0.4) is 0 Å². The molecule has 0 radical (unpaired) electrons. The lowest BCUT2D eigenvalue weighted by Gasteiger charge is -2.19. The Balaban J connectivity index is 2.02. The SMILES string of the molecule is Cc1ccc(F)c(NC(=O)C(C)NC(=O)c2ccc(C(C)(C)C)cc2)c1. The zero-order valence-electron chi connectivity index (χ0n) is 15.8. The lowest BCUT2D eigenvalue weighted by atomic mass is 9.86. The molecule has 0 aliphatic rings. The summed E-state index contributed by atoms with van der Waals surface area (Å²) in [6.45, 7) is 9.66. The largest absolute Gasteiger partial charge is 0.341 e. The molecule has 0 saturated heterocycles. The summed E-state index contributed by atoms with van der Waals surface area (Å²) in [6.07, 6.45) is 0. The van der Waals surface area contributed by atoms with Crippen LogP contribution in [0.4, 0.5) is 10.1 Å². The first-order valence-electron chi connectivity index (χ1n) is 8.56. The van der Waals surface area contributed by atoms with E-state index in [-0.39, 0.29) is 17.0 Å². The molecule has 138 valence electrons. The molecule has 26 heavy (non-hydrogen) atoms. The van der Waals surface area contributed by atoms with Crippen molar-refractivity contribution in [2.45, 2.75) is 46.1 Å². The van der Waals surface area contributed by atoms with E-state index >= 15 is 0 Å². The number of carbonyl (C=O) groups excluding carboxylic acids is 2. The third-order valence-electron chi connectivity index (χ3n) is 4.13. The van der Waals surface area contributed by atoms with E-state index < -0.39 is 17.8 Å². The fourth-order valence-electron chi connectivity index (χ4n) is 2.44. The van der Waals surface area contributed by atoms with Crippen molar-refractivity contribution in [3.63, 3.8) is 0 Å². The first-order chi connectivity index (χ1) is 12.1. The Labute approximate surface area is 153 Å². The molecular formula is C21H25FN2O2. The summed E-state index contributed by atoms with van der Waals surface area (Å²) in [5.74, 6) is -1.34. The van der Waals surface area contributed by atoms with Gasteiger partial charge >= 0.3 is 0 Å². The molecule has 0 heterocycles. The summed E-state index contributed by atoms with van der Waals surface area (Å²) in [4.78, 5) is 24.6. The monoisotopic (exact) mass is 356 g/mol. The summed E-state index contributed by atoms with van der Waals surface area (Å²) in [5, 5.41) is 5.14. The highest BCUT2D eigenvalue weighted by Gasteiger charge is 2.19. The highest BCUT2D eigenvalue weighted by atomic mass is 19.1. The summed E-state index contributed by atoms with van der Waals surface area (Å²) in [7, 11) is 0. The number of benzene rings is 2. The first kappa shape index (κ1) is 19.6. The maximum Gasteiger partial charge on any atom is 0.251 e. The van der Waals surface area contributed by atoms with Crippen LogP contribution in [-0.2, 0) is 10.2 Å². The van der Waals surface area contributed by atoms with E-state index in [4.69, 9.17) is 0 Å². The summed E-state index contributed by atoms with van der Waals surface area (Å²) in [6, 6.07) is 10.9. The second-order valence-electron chi connectivity index (χ2n) is 7.50. The molecule has 0 aliphatic carbocycles. The molecule has 0 aromatic heterocycles. The predicted octanol–water partition coefficient (Wildman–Crippen LogP) is 4.19. The third-order valence-corrected chi connectivity index (χ3v) is 4.13. The molecule has 0 bridgehead atoms. The molecule has 2 N–H and O–H groups in total. The molecule has 1 atom stereocenters. The molecule has 1 unspecified atom stereocenters. The van der Waals surface area contributed by atoms with E-state index in [1.807, 2.05) is 19.1 Å². The Bertz CT molecular complexity index is 808. The van der Waals surface area contributed by atoms with Gasteiger partial charge in [0, 0.05) is 5.56 Å². The topological polar surface area (TPSA) is 58.2 Å². The predicted molar refractivity (Wildman–Crippen MR) is 102 cm³/mol. The zero-order chi connectivity index (χ0) is 19.5. The highest BCUT2D eigenvalue weighted by Crippen LogP contribution is 2.22. The van der Waals surface area contributed by atoms with Gasteiger partial charge in [-0.15, -0.1) is 0 Å². The number of aryl methyl sites for hydroxylation is 1. The Morgan fingerprint density at radius 2 is 1.65 bits per heavy atom. The van der Waals surface area contributed by atoms with E-state index in [0.29, 0.717) is 5.56 Å². The number of hydrogen-bond acceptors (Lipinski definition) is 2. The van der Waals surface area contributed by atoms with Gasteiger partial charge in [0.1, 0.15) is 11.9 Å². The van der Waals surface area contributed by atoms with Gasteiger partial charge in [0.25, 0.3) is 5.91 Å². The molecule has 2 rings (SSSR count). The van der Waals surface area contributed by atoms with Crippen LogP contribution in [0.1, 0.15) is 49.2 Å². The van der Waals surface area contributed by atoms with Gasteiger partial charge in [-0.1, -0.05) is 39.0 Å². The minimum atomic E-state index is -0.801. The normalized spacial score (nSPS) is 12.4. The van der Waals surface area contributed by atoms with Crippen LogP contribution in [0.2, 0.25) is 0 Å². The summed E-state index contributed by atoms with van der Waals surface area (Å²) >= 11 is 0. The van der Waals surface area contributed by atoms with Gasteiger partial charge in [-0.2, -0.15) is 0 Å². The molecule has 2 aromatic rings. The lowest BCUT2D eigenvalue weighted by Crippen LogP contribution is -2.41. The fourth-order valence-corrected chi connectivity index (χ4v) is 2.44. The van der Waals surface area contributed by atoms with Crippen LogP contribution < -0.4 is 10.6 Å². The van der Waals surface area contributed by atoms with Crippen molar-refractivity contribution in [2.24, 2.45) is 0 Å². The van der Waals surface area contributed by atoms with Gasteiger partial charge in [0.2, 0.25) is 5.91 Å². The fraction of sp³-hybridized carbons (Fsp3) is 0.333. The van der Waals surface area contributed by atoms with E-state index in [1.54, 1.807) is 31.2 Å². The average Bonchev–Trinajstić information content (AvgIpc) is 2.57. The van der Waals surface area contributed by atoms with Crippen molar-refractivity contribution in [1.29, 1.82) is 0 Å². The zero-order valence-corrected chi connectivity index (χ0v) is 15.8. The van der Waals surface area contributed by atoms with Gasteiger partial charge < -0.3 is 10.6 Å². The van der Waals surface area contributed by atoms with Crippen LogP contribution in [0.25, 0.3) is 0 Å². The van der Waals surface area contributed by atoms with Crippen molar-refractivity contribution in [3.8, 4) is 0 Å².